The number of nitriles is 1. The largest absolute Gasteiger partial charge is 0.478 e. The third-order valence-electron chi connectivity index (χ3n) is 2.56. The van der Waals surface area contributed by atoms with Crippen LogP contribution in [-0.4, -0.2) is 12.5 Å². The van der Waals surface area contributed by atoms with Gasteiger partial charge in [0, 0.05) is 5.69 Å². The molecule has 2 aromatic carbocycles. The van der Waals surface area contributed by atoms with Crippen molar-refractivity contribution < 1.29 is 18.3 Å². The van der Waals surface area contributed by atoms with Gasteiger partial charge in [0.1, 0.15) is 0 Å². The van der Waals surface area contributed by atoms with Gasteiger partial charge in [-0.25, -0.2) is 8.78 Å². The molecule has 0 saturated heterocycles. The van der Waals surface area contributed by atoms with E-state index in [1.54, 1.807) is 12.1 Å². The summed E-state index contributed by atoms with van der Waals surface area (Å²) in [5, 5.41) is 11.1. The monoisotopic (exact) mass is 288 g/mol. The number of amides is 1. The average Bonchev–Trinajstić information content (AvgIpc) is 2.47. The topological polar surface area (TPSA) is 62.1 Å². The third kappa shape index (κ3) is 3.76. The summed E-state index contributed by atoms with van der Waals surface area (Å²) in [5.41, 5.74) is 0.911. The lowest BCUT2D eigenvalue weighted by molar-refractivity contribution is -0.118. The minimum Gasteiger partial charge on any atom is -0.478 e. The van der Waals surface area contributed by atoms with Gasteiger partial charge < -0.3 is 10.1 Å². The number of carbonyl (C=O) groups is 1. The van der Waals surface area contributed by atoms with Crippen LogP contribution in [0, 0.1) is 23.0 Å². The van der Waals surface area contributed by atoms with Crippen molar-refractivity contribution >= 4 is 11.6 Å². The summed E-state index contributed by atoms with van der Waals surface area (Å²) in [6.45, 7) is -0.530. The first-order chi connectivity index (χ1) is 10.1. The van der Waals surface area contributed by atoms with Crippen LogP contribution in [0.15, 0.2) is 42.5 Å². The van der Waals surface area contributed by atoms with Crippen LogP contribution in [-0.2, 0) is 4.79 Å². The highest BCUT2D eigenvalue weighted by molar-refractivity contribution is 5.91. The number of ether oxygens (including phenoxy) is 1. The third-order valence-corrected chi connectivity index (χ3v) is 2.56. The molecule has 0 atom stereocenters. The second-order valence-corrected chi connectivity index (χ2v) is 4.08. The van der Waals surface area contributed by atoms with Crippen molar-refractivity contribution in [2.75, 3.05) is 11.9 Å². The van der Waals surface area contributed by atoms with Crippen LogP contribution < -0.4 is 10.1 Å². The van der Waals surface area contributed by atoms with E-state index in [1.165, 1.54) is 18.2 Å². The van der Waals surface area contributed by atoms with Gasteiger partial charge >= 0.3 is 0 Å². The fraction of sp³-hybridized carbons (Fsp3) is 0.0667. The Morgan fingerprint density at radius 3 is 2.33 bits per heavy atom. The molecule has 0 fully saturated rings. The van der Waals surface area contributed by atoms with Crippen molar-refractivity contribution in [2.45, 2.75) is 0 Å². The first kappa shape index (κ1) is 14.5. The molecule has 0 aliphatic rings. The Morgan fingerprint density at radius 1 is 1.14 bits per heavy atom. The number of benzene rings is 2. The van der Waals surface area contributed by atoms with Crippen LogP contribution in [0.2, 0.25) is 0 Å². The molecule has 6 heteroatoms. The summed E-state index contributed by atoms with van der Waals surface area (Å²) in [5.74, 6) is -2.91. The van der Waals surface area contributed by atoms with Gasteiger partial charge in [-0.05, 0) is 36.4 Å². The predicted octanol–water partition coefficient (Wildman–Crippen LogP) is 2.85. The fourth-order valence-corrected chi connectivity index (χ4v) is 1.58. The lowest BCUT2D eigenvalue weighted by Gasteiger charge is -2.08. The Bertz CT molecular complexity index is 674. The molecule has 0 aromatic heterocycles. The molecular weight excluding hydrogens is 278 g/mol. The number of nitrogens with one attached hydrogen (secondary N) is 1. The van der Waals surface area contributed by atoms with E-state index in [4.69, 9.17) is 10.00 Å². The van der Waals surface area contributed by atoms with Crippen molar-refractivity contribution in [3.05, 3.63) is 59.7 Å². The van der Waals surface area contributed by atoms with E-state index in [-0.39, 0.29) is 0 Å². The number of carbonyl (C=O) groups excluding carboxylic acids is 1. The molecule has 0 spiro atoms. The van der Waals surface area contributed by atoms with Gasteiger partial charge in [-0.15, -0.1) is 0 Å². The lowest BCUT2D eigenvalue weighted by Crippen LogP contribution is -2.20. The number of rotatable bonds is 4. The summed E-state index contributed by atoms with van der Waals surface area (Å²) in [6.07, 6.45) is 0. The molecule has 2 rings (SSSR count). The van der Waals surface area contributed by atoms with Crippen LogP contribution >= 0.6 is 0 Å². The Balaban J connectivity index is 1.94. The molecule has 0 saturated carbocycles. The number of hydrogen-bond acceptors (Lipinski definition) is 3. The van der Waals surface area contributed by atoms with Gasteiger partial charge in [0.15, 0.2) is 24.0 Å². The molecule has 1 amide bonds. The van der Waals surface area contributed by atoms with Crippen molar-refractivity contribution in [3.63, 3.8) is 0 Å². The molecule has 2 aromatic rings. The summed E-state index contributed by atoms with van der Waals surface area (Å²) < 4.78 is 31.4. The molecule has 0 radical (unpaired) electrons. The standard InChI is InChI=1S/C15H10F2N2O2/c16-12-2-1-3-13(17)15(12)21-9-14(20)19-11-6-4-10(8-18)5-7-11/h1-7H,9H2,(H,19,20). The summed E-state index contributed by atoms with van der Waals surface area (Å²) in [6, 6.07) is 11.4. The zero-order valence-corrected chi connectivity index (χ0v) is 10.8. The maximum Gasteiger partial charge on any atom is 0.262 e. The van der Waals surface area contributed by atoms with Gasteiger partial charge in [-0.2, -0.15) is 5.26 Å². The number of anilines is 1. The van der Waals surface area contributed by atoms with Gasteiger partial charge in [0.05, 0.1) is 11.6 Å². The maximum absolute atomic E-state index is 13.3. The van der Waals surface area contributed by atoms with Crippen LogP contribution in [0.25, 0.3) is 0 Å². The second-order valence-electron chi connectivity index (χ2n) is 4.08. The molecule has 21 heavy (non-hydrogen) atoms. The number of para-hydroxylation sites is 1. The van der Waals surface area contributed by atoms with E-state index in [9.17, 15) is 13.6 Å². The normalized spacial score (nSPS) is 9.76. The SMILES string of the molecule is N#Cc1ccc(NC(=O)COc2c(F)cccc2F)cc1. The van der Waals surface area contributed by atoms with Crippen LogP contribution in [0.3, 0.4) is 0 Å². The minimum atomic E-state index is -0.874. The predicted molar refractivity (Wildman–Crippen MR) is 71.6 cm³/mol. The Kier molecular flexibility index (Phi) is 4.46. The van der Waals surface area contributed by atoms with Gasteiger partial charge in [0.2, 0.25) is 0 Å². The number of halogens is 2. The van der Waals surface area contributed by atoms with Gasteiger partial charge in [0.25, 0.3) is 5.91 Å². The lowest BCUT2D eigenvalue weighted by atomic mass is 10.2. The van der Waals surface area contributed by atoms with Crippen molar-refractivity contribution in [1.82, 2.24) is 0 Å². The molecule has 1 N–H and O–H groups in total. The molecule has 0 aliphatic carbocycles. The van der Waals surface area contributed by atoms with Gasteiger partial charge in [-0.3, -0.25) is 4.79 Å². The second kappa shape index (κ2) is 6.48. The highest BCUT2D eigenvalue weighted by Crippen LogP contribution is 2.20. The van der Waals surface area contributed by atoms with Crippen LogP contribution in [0.1, 0.15) is 5.56 Å². The molecule has 4 nitrogen and oxygen atoms in total. The highest BCUT2D eigenvalue weighted by Gasteiger charge is 2.11. The van der Waals surface area contributed by atoms with E-state index in [0.717, 1.165) is 12.1 Å². The van der Waals surface area contributed by atoms with Crippen LogP contribution in [0.5, 0.6) is 5.75 Å². The quantitative estimate of drug-likeness (QED) is 0.941. The molecule has 106 valence electrons. The molecule has 0 heterocycles. The van der Waals surface area contributed by atoms with Gasteiger partial charge in [-0.1, -0.05) is 6.07 Å². The summed E-state index contributed by atoms with van der Waals surface area (Å²) in [4.78, 5) is 11.6. The fourth-order valence-electron chi connectivity index (χ4n) is 1.58. The highest BCUT2D eigenvalue weighted by atomic mass is 19.1. The molecule has 0 unspecified atom stereocenters. The zero-order valence-electron chi connectivity index (χ0n) is 10.8. The van der Waals surface area contributed by atoms with E-state index >= 15 is 0 Å². The van der Waals surface area contributed by atoms with Crippen molar-refractivity contribution in [1.29, 1.82) is 5.26 Å². The Morgan fingerprint density at radius 2 is 1.76 bits per heavy atom. The number of hydrogen-bond donors (Lipinski definition) is 1. The number of nitrogens with zero attached hydrogens (tertiary/aromatic N) is 1. The van der Waals surface area contributed by atoms with Crippen molar-refractivity contribution in [3.8, 4) is 11.8 Å². The minimum absolute atomic E-state index is 0.455. The molecular formula is C15H10F2N2O2. The Labute approximate surface area is 119 Å². The first-order valence-electron chi connectivity index (χ1n) is 5.97. The van der Waals surface area contributed by atoms with E-state index in [2.05, 4.69) is 5.32 Å². The maximum atomic E-state index is 13.3. The molecule has 0 aliphatic heterocycles. The molecule has 0 bridgehead atoms. The van der Waals surface area contributed by atoms with E-state index < -0.39 is 29.9 Å². The first-order valence-corrected chi connectivity index (χ1v) is 5.97. The zero-order chi connectivity index (χ0) is 15.2. The average molecular weight is 288 g/mol. The smallest absolute Gasteiger partial charge is 0.262 e. The summed E-state index contributed by atoms with van der Waals surface area (Å²) in [7, 11) is 0. The van der Waals surface area contributed by atoms with Crippen LogP contribution in [0.4, 0.5) is 14.5 Å². The van der Waals surface area contributed by atoms with E-state index in [0.29, 0.717) is 11.3 Å². The summed E-state index contributed by atoms with van der Waals surface area (Å²) >= 11 is 0. The van der Waals surface area contributed by atoms with E-state index in [1.807, 2.05) is 6.07 Å². The van der Waals surface area contributed by atoms with Crippen molar-refractivity contribution in [2.24, 2.45) is 0 Å². The Hall–Kier alpha value is -2.94.